The second kappa shape index (κ2) is 6.19. The molecule has 2 rings (SSSR count). The summed E-state index contributed by atoms with van der Waals surface area (Å²) in [5.41, 5.74) is 0.898. The van der Waals surface area contributed by atoms with Crippen molar-refractivity contribution in [1.29, 1.82) is 0 Å². The summed E-state index contributed by atoms with van der Waals surface area (Å²) in [6, 6.07) is 4.62. The third-order valence-electron chi connectivity index (χ3n) is 3.90. The Bertz CT molecular complexity index is 392. The smallest absolute Gasteiger partial charge is 0.123 e. The van der Waals surface area contributed by atoms with Gasteiger partial charge in [0.15, 0.2) is 0 Å². The molecule has 18 heavy (non-hydrogen) atoms. The number of methoxy groups -OCH3 is 1. The Labute approximate surface area is 108 Å². The van der Waals surface area contributed by atoms with Gasteiger partial charge in [0.25, 0.3) is 0 Å². The Kier molecular flexibility index (Phi) is 4.59. The van der Waals surface area contributed by atoms with Gasteiger partial charge in [-0.15, -0.1) is 0 Å². The van der Waals surface area contributed by atoms with Crippen molar-refractivity contribution >= 4 is 0 Å². The number of rotatable bonds is 4. The van der Waals surface area contributed by atoms with Crippen molar-refractivity contribution in [3.8, 4) is 5.75 Å². The van der Waals surface area contributed by atoms with Crippen LogP contribution in [0.4, 0.5) is 4.39 Å². The summed E-state index contributed by atoms with van der Waals surface area (Å²) in [6.07, 6.45) is 5.80. The summed E-state index contributed by atoms with van der Waals surface area (Å²) in [5, 5.41) is 9.92. The lowest BCUT2D eigenvalue weighted by Crippen LogP contribution is -2.24. The predicted molar refractivity (Wildman–Crippen MR) is 69.2 cm³/mol. The van der Waals surface area contributed by atoms with Crippen LogP contribution in [-0.4, -0.2) is 18.3 Å². The standard InChI is InChI=1S/C15H21FO2/c1-18-15-9-8-13(16)10-12(15)7-6-11-4-2-3-5-14(11)17/h8-11,14,17H,2-7H2,1H3. The fourth-order valence-corrected chi connectivity index (χ4v) is 2.81. The van der Waals surface area contributed by atoms with E-state index >= 15 is 0 Å². The molecule has 1 fully saturated rings. The van der Waals surface area contributed by atoms with Crippen molar-refractivity contribution in [2.75, 3.05) is 7.11 Å². The lowest BCUT2D eigenvalue weighted by atomic mass is 9.83. The molecule has 1 aliphatic carbocycles. The highest BCUT2D eigenvalue weighted by atomic mass is 19.1. The molecule has 0 amide bonds. The van der Waals surface area contributed by atoms with Crippen LogP contribution in [0.2, 0.25) is 0 Å². The largest absolute Gasteiger partial charge is 0.496 e. The maximum Gasteiger partial charge on any atom is 0.123 e. The second-order valence-corrected chi connectivity index (χ2v) is 5.11. The zero-order valence-electron chi connectivity index (χ0n) is 10.9. The molecule has 1 aromatic carbocycles. The summed E-state index contributed by atoms with van der Waals surface area (Å²) in [6.45, 7) is 0. The second-order valence-electron chi connectivity index (χ2n) is 5.11. The van der Waals surface area contributed by atoms with Crippen molar-refractivity contribution < 1.29 is 14.2 Å². The van der Waals surface area contributed by atoms with E-state index in [0.29, 0.717) is 5.92 Å². The molecule has 100 valence electrons. The van der Waals surface area contributed by atoms with Crippen LogP contribution >= 0.6 is 0 Å². The Hall–Kier alpha value is -1.09. The fourth-order valence-electron chi connectivity index (χ4n) is 2.81. The van der Waals surface area contributed by atoms with E-state index in [1.807, 2.05) is 0 Å². The van der Waals surface area contributed by atoms with Crippen molar-refractivity contribution in [2.45, 2.75) is 44.6 Å². The van der Waals surface area contributed by atoms with Crippen LogP contribution in [0.1, 0.15) is 37.7 Å². The van der Waals surface area contributed by atoms with Gasteiger partial charge < -0.3 is 9.84 Å². The summed E-state index contributed by atoms with van der Waals surface area (Å²) in [4.78, 5) is 0. The van der Waals surface area contributed by atoms with E-state index < -0.39 is 0 Å². The molecule has 0 radical (unpaired) electrons. The lowest BCUT2D eigenvalue weighted by molar-refractivity contribution is 0.0654. The SMILES string of the molecule is COc1ccc(F)cc1CCC1CCCCC1O. The van der Waals surface area contributed by atoms with E-state index in [1.165, 1.54) is 18.6 Å². The topological polar surface area (TPSA) is 29.5 Å². The molecule has 1 N–H and O–H groups in total. The van der Waals surface area contributed by atoms with Crippen LogP contribution in [0.3, 0.4) is 0 Å². The van der Waals surface area contributed by atoms with E-state index in [4.69, 9.17) is 4.74 Å². The van der Waals surface area contributed by atoms with Gasteiger partial charge in [0, 0.05) is 0 Å². The summed E-state index contributed by atoms with van der Waals surface area (Å²) >= 11 is 0. The van der Waals surface area contributed by atoms with Crippen LogP contribution in [0.15, 0.2) is 18.2 Å². The van der Waals surface area contributed by atoms with E-state index in [-0.39, 0.29) is 11.9 Å². The zero-order valence-corrected chi connectivity index (χ0v) is 10.9. The molecule has 1 aromatic rings. The predicted octanol–water partition coefficient (Wildman–Crippen LogP) is 3.32. The zero-order chi connectivity index (χ0) is 13.0. The molecule has 0 heterocycles. The number of aliphatic hydroxyl groups is 1. The minimum absolute atomic E-state index is 0.182. The minimum Gasteiger partial charge on any atom is -0.496 e. The Morgan fingerprint density at radius 1 is 1.33 bits per heavy atom. The van der Waals surface area contributed by atoms with Crippen LogP contribution in [0.5, 0.6) is 5.75 Å². The molecular formula is C15H21FO2. The number of halogens is 1. The summed E-state index contributed by atoms with van der Waals surface area (Å²) in [7, 11) is 1.60. The van der Waals surface area contributed by atoms with Crippen LogP contribution in [-0.2, 0) is 6.42 Å². The van der Waals surface area contributed by atoms with Crippen LogP contribution in [0, 0.1) is 11.7 Å². The third kappa shape index (κ3) is 3.22. The first-order chi connectivity index (χ1) is 8.70. The summed E-state index contributed by atoms with van der Waals surface area (Å²) in [5.74, 6) is 0.864. The van der Waals surface area contributed by atoms with Gasteiger partial charge >= 0.3 is 0 Å². The molecule has 0 spiro atoms. The normalized spacial score (nSPS) is 23.9. The monoisotopic (exact) mass is 252 g/mol. The highest BCUT2D eigenvalue weighted by molar-refractivity contribution is 5.34. The van der Waals surface area contributed by atoms with Gasteiger partial charge in [-0.2, -0.15) is 0 Å². The lowest BCUT2D eigenvalue weighted by Gasteiger charge is -2.27. The maximum absolute atomic E-state index is 13.2. The number of aryl methyl sites for hydroxylation is 1. The number of hydrogen-bond donors (Lipinski definition) is 1. The number of hydrogen-bond acceptors (Lipinski definition) is 2. The number of benzene rings is 1. The van der Waals surface area contributed by atoms with Crippen LogP contribution in [0.25, 0.3) is 0 Å². The molecule has 2 nitrogen and oxygen atoms in total. The Morgan fingerprint density at radius 3 is 2.83 bits per heavy atom. The highest BCUT2D eigenvalue weighted by Gasteiger charge is 2.22. The van der Waals surface area contributed by atoms with Gasteiger partial charge in [-0.25, -0.2) is 4.39 Å². The average molecular weight is 252 g/mol. The van der Waals surface area contributed by atoms with Gasteiger partial charge in [0.1, 0.15) is 11.6 Å². The maximum atomic E-state index is 13.2. The Balaban J connectivity index is 1.98. The first kappa shape index (κ1) is 13.3. The number of ether oxygens (including phenoxy) is 1. The quantitative estimate of drug-likeness (QED) is 0.890. The molecule has 2 unspecified atom stereocenters. The molecule has 3 heteroatoms. The molecular weight excluding hydrogens is 231 g/mol. The molecule has 1 aliphatic rings. The van der Waals surface area contributed by atoms with E-state index in [1.54, 1.807) is 13.2 Å². The Morgan fingerprint density at radius 2 is 2.11 bits per heavy atom. The van der Waals surface area contributed by atoms with Gasteiger partial charge in [-0.05, 0) is 55.4 Å². The van der Waals surface area contributed by atoms with Crippen molar-refractivity contribution in [2.24, 2.45) is 5.92 Å². The molecule has 1 saturated carbocycles. The fraction of sp³-hybridized carbons (Fsp3) is 0.600. The van der Waals surface area contributed by atoms with Gasteiger partial charge in [-0.3, -0.25) is 0 Å². The molecule has 0 aliphatic heterocycles. The van der Waals surface area contributed by atoms with Crippen molar-refractivity contribution in [3.63, 3.8) is 0 Å². The van der Waals surface area contributed by atoms with E-state index in [9.17, 15) is 9.50 Å². The molecule has 0 aromatic heterocycles. The number of aliphatic hydroxyl groups excluding tert-OH is 1. The molecule has 0 bridgehead atoms. The van der Waals surface area contributed by atoms with Crippen molar-refractivity contribution in [3.05, 3.63) is 29.6 Å². The summed E-state index contributed by atoms with van der Waals surface area (Å²) < 4.78 is 18.5. The van der Waals surface area contributed by atoms with Crippen molar-refractivity contribution in [1.82, 2.24) is 0 Å². The average Bonchev–Trinajstić information content (AvgIpc) is 2.38. The minimum atomic E-state index is -0.227. The van der Waals surface area contributed by atoms with E-state index in [0.717, 1.165) is 43.4 Å². The van der Waals surface area contributed by atoms with Gasteiger partial charge in [0.2, 0.25) is 0 Å². The third-order valence-corrected chi connectivity index (χ3v) is 3.90. The van der Waals surface area contributed by atoms with Gasteiger partial charge in [0.05, 0.1) is 13.2 Å². The van der Waals surface area contributed by atoms with E-state index in [2.05, 4.69) is 0 Å². The van der Waals surface area contributed by atoms with Gasteiger partial charge in [-0.1, -0.05) is 12.8 Å². The first-order valence-electron chi connectivity index (χ1n) is 6.71. The van der Waals surface area contributed by atoms with Crippen LogP contribution < -0.4 is 4.74 Å². The molecule has 2 atom stereocenters. The first-order valence-corrected chi connectivity index (χ1v) is 6.71. The molecule has 0 saturated heterocycles. The highest BCUT2D eigenvalue weighted by Crippen LogP contribution is 2.30.